The topological polar surface area (TPSA) is 55.8 Å². The van der Waals surface area contributed by atoms with Crippen molar-refractivity contribution in [3.05, 3.63) is 0 Å². The molecule has 0 rings (SSSR count). The number of carbonyl (C=O) groups excluding carboxylic acids is 1. The van der Waals surface area contributed by atoms with Gasteiger partial charge in [0.25, 0.3) is 0 Å². The second-order valence-electron chi connectivity index (χ2n) is 1.92. The molecule has 4 heteroatoms. The van der Waals surface area contributed by atoms with Crippen LogP contribution in [-0.2, 0) is 9.47 Å². The Morgan fingerprint density at radius 3 is 2.83 bits per heavy atom. The summed E-state index contributed by atoms with van der Waals surface area (Å²) in [7, 11) is 1.24. The molecule has 0 saturated heterocycles. The number of hydrogen-bond donors (Lipinski definition) is 1. The summed E-state index contributed by atoms with van der Waals surface area (Å²) in [5.41, 5.74) is 0. The number of unbranched alkanes of at least 4 members (excludes halogenated alkanes) is 1. The molecule has 0 heterocycles. The van der Waals surface area contributed by atoms with Crippen LogP contribution in [0.25, 0.3) is 0 Å². The third kappa shape index (κ3) is 6.90. The lowest BCUT2D eigenvalue weighted by Gasteiger charge is -1.95. The van der Waals surface area contributed by atoms with Crippen LogP contribution in [0.1, 0.15) is 12.8 Å². The second-order valence-corrected chi connectivity index (χ2v) is 1.92. The molecular formula is C8H12O4. The van der Waals surface area contributed by atoms with E-state index in [0.29, 0.717) is 12.8 Å². The van der Waals surface area contributed by atoms with E-state index >= 15 is 0 Å². The van der Waals surface area contributed by atoms with Crippen molar-refractivity contribution >= 4 is 6.16 Å². The first-order valence-corrected chi connectivity index (χ1v) is 3.58. The van der Waals surface area contributed by atoms with E-state index in [9.17, 15) is 4.79 Å². The smallest absolute Gasteiger partial charge is 0.438 e. The fourth-order valence-electron chi connectivity index (χ4n) is 0.461. The van der Waals surface area contributed by atoms with Gasteiger partial charge in [0.2, 0.25) is 0 Å². The molecule has 0 atom stereocenters. The van der Waals surface area contributed by atoms with Gasteiger partial charge in [-0.3, -0.25) is 0 Å². The average molecular weight is 172 g/mol. The van der Waals surface area contributed by atoms with Crippen molar-refractivity contribution < 1.29 is 19.4 Å². The van der Waals surface area contributed by atoms with Gasteiger partial charge in [-0.05, 0) is 6.42 Å². The minimum Gasteiger partial charge on any atom is -0.438 e. The third-order valence-electron chi connectivity index (χ3n) is 1.01. The molecule has 68 valence electrons. The maximum absolute atomic E-state index is 10.3. The summed E-state index contributed by atoms with van der Waals surface area (Å²) in [5, 5.41) is 8.38. The maximum atomic E-state index is 10.3. The zero-order chi connectivity index (χ0) is 9.23. The Bertz CT molecular complexity index is 177. The third-order valence-corrected chi connectivity index (χ3v) is 1.01. The molecular weight excluding hydrogens is 160 g/mol. The minimum atomic E-state index is -0.730. The highest BCUT2D eigenvalue weighted by Gasteiger charge is 1.94. The van der Waals surface area contributed by atoms with E-state index in [-0.39, 0.29) is 13.2 Å². The molecule has 12 heavy (non-hydrogen) atoms. The van der Waals surface area contributed by atoms with Crippen molar-refractivity contribution in [1.29, 1.82) is 0 Å². The number of aliphatic hydroxyl groups excluding tert-OH is 1. The fraction of sp³-hybridized carbons (Fsp3) is 0.625. The number of methoxy groups -OCH3 is 1. The Balaban J connectivity index is 3.27. The monoisotopic (exact) mass is 172 g/mol. The molecule has 0 saturated carbocycles. The number of rotatable bonds is 3. The minimum absolute atomic E-state index is 0.0398. The molecule has 0 fully saturated rings. The SMILES string of the molecule is COC(=O)OCC#CCCCO. The van der Waals surface area contributed by atoms with Crippen LogP contribution in [0.5, 0.6) is 0 Å². The molecule has 0 aromatic rings. The van der Waals surface area contributed by atoms with Gasteiger partial charge in [0.1, 0.15) is 0 Å². The lowest BCUT2D eigenvalue weighted by molar-refractivity contribution is 0.0832. The maximum Gasteiger partial charge on any atom is 0.508 e. The number of carbonyl (C=O) groups is 1. The summed E-state index contributed by atoms with van der Waals surface area (Å²) in [6, 6.07) is 0. The molecule has 1 N–H and O–H groups in total. The van der Waals surface area contributed by atoms with Crippen LogP contribution in [0.15, 0.2) is 0 Å². The van der Waals surface area contributed by atoms with Gasteiger partial charge in [-0.15, -0.1) is 0 Å². The van der Waals surface area contributed by atoms with Crippen molar-refractivity contribution in [2.75, 3.05) is 20.3 Å². The van der Waals surface area contributed by atoms with Gasteiger partial charge in [-0.25, -0.2) is 4.79 Å². The molecule has 0 aliphatic carbocycles. The van der Waals surface area contributed by atoms with Gasteiger partial charge in [-0.2, -0.15) is 0 Å². The highest BCUT2D eigenvalue weighted by Crippen LogP contribution is 1.83. The fourth-order valence-corrected chi connectivity index (χ4v) is 0.461. The van der Waals surface area contributed by atoms with Gasteiger partial charge in [0.15, 0.2) is 6.61 Å². The summed E-state index contributed by atoms with van der Waals surface area (Å²) in [5.74, 6) is 5.32. The second kappa shape index (κ2) is 7.89. The largest absolute Gasteiger partial charge is 0.508 e. The number of hydrogen-bond acceptors (Lipinski definition) is 4. The van der Waals surface area contributed by atoms with Gasteiger partial charge in [0.05, 0.1) is 7.11 Å². The van der Waals surface area contributed by atoms with Crippen LogP contribution >= 0.6 is 0 Å². The van der Waals surface area contributed by atoms with Crippen LogP contribution < -0.4 is 0 Å². The predicted molar refractivity (Wildman–Crippen MR) is 42.5 cm³/mol. The lowest BCUT2D eigenvalue weighted by Crippen LogP contribution is -2.03. The van der Waals surface area contributed by atoms with E-state index in [2.05, 4.69) is 21.3 Å². The molecule has 0 spiro atoms. The Hall–Kier alpha value is -1.21. The molecule has 0 unspecified atom stereocenters. The molecule has 0 amide bonds. The highest BCUT2D eigenvalue weighted by molar-refractivity contribution is 5.59. The quantitative estimate of drug-likeness (QED) is 0.383. The Morgan fingerprint density at radius 1 is 1.50 bits per heavy atom. The van der Waals surface area contributed by atoms with Gasteiger partial charge in [-0.1, -0.05) is 11.8 Å². The first kappa shape index (κ1) is 10.8. The number of ether oxygens (including phenoxy) is 2. The van der Waals surface area contributed by atoms with Crippen LogP contribution in [0, 0.1) is 11.8 Å². The molecule has 0 aliphatic heterocycles. The molecule has 0 aromatic heterocycles. The summed E-state index contributed by atoms with van der Waals surface area (Å²) in [6.07, 6.45) is 0.526. The Kier molecular flexibility index (Phi) is 7.10. The van der Waals surface area contributed by atoms with Crippen LogP contribution in [-0.4, -0.2) is 31.6 Å². The Morgan fingerprint density at radius 2 is 2.25 bits per heavy atom. The van der Waals surface area contributed by atoms with Crippen LogP contribution in [0.2, 0.25) is 0 Å². The molecule has 4 nitrogen and oxygen atoms in total. The summed E-state index contributed by atoms with van der Waals surface area (Å²) < 4.78 is 8.68. The van der Waals surface area contributed by atoms with E-state index in [1.165, 1.54) is 7.11 Å². The first-order valence-electron chi connectivity index (χ1n) is 3.58. The average Bonchev–Trinajstić information content (AvgIpc) is 2.10. The zero-order valence-corrected chi connectivity index (χ0v) is 7.00. The molecule has 0 bridgehead atoms. The molecule has 0 radical (unpaired) electrons. The van der Waals surface area contributed by atoms with Crippen molar-refractivity contribution in [2.24, 2.45) is 0 Å². The van der Waals surface area contributed by atoms with Gasteiger partial charge in [0, 0.05) is 13.0 Å². The number of aliphatic hydroxyl groups is 1. The van der Waals surface area contributed by atoms with Crippen LogP contribution in [0.3, 0.4) is 0 Å². The Labute approximate surface area is 71.5 Å². The van der Waals surface area contributed by atoms with E-state index in [1.807, 2.05) is 0 Å². The standard InChI is InChI=1S/C8H12O4/c1-11-8(10)12-7-5-3-2-4-6-9/h9H,2,4,6-7H2,1H3. The highest BCUT2D eigenvalue weighted by atomic mass is 16.7. The van der Waals surface area contributed by atoms with Gasteiger partial charge >= 0.3 is 6.16 Å². The normalized spacial score (nSPS) is 8.17. The zero-order valence-electron chi connectivity index (χ0n) is 7.00. The first-order chi connectivity index (χ1) is 5.81. The van der Waals surface area contributed by atoms with E-state index in [0.717, 1.165) is 0 Å². The van der Waals surface area contributed by atoms with Crippen LogP contribution in [0.4, 0.5) is 4.79 Å². The van der Waals surface area contributed by atoms with Crippen molar-refractivity contribution in [3.63, 3.8) is 0 Å². The summed E-state index contributed by atoms with van der Waals surface area (Å²) in [6.45, 7) is 0.171. The predicted octanol–water partition coefficient (Wildman–Crippen LogP) is 0.545. The van der Waals surface area contributed by atoms with Gasteiger partial charge < -0.3 is 14.6 Å². The van der Waals surface area contributed by atoms with Crippen molar-refractivity contribution in [2.45, 2.75) is 12.8 Å². The van der Waals surface area contributed by atoms with Crippen molar-refractivity contribution in [1.82, 2.24) is 0 Å². The lowest BCUT2D eigenvalue weighted by atomic mass is 10.3. The van der Waals surface area contributed by atoms with E-state index in [4.69, 9.17) is 5.11 Å². The van der Waals surface area contributed by atoms with Crippen molar-refractivity contribution in [3.8, 4) is 11.8 Å². The molecule has 0 aromatic carbocycles. The summed E-state index contributed by atoms with van der Waals surface area (Å²) in [4.78, 5) is 10.3. The van der Waals surface area contributed by atoms with E-state index < -0.39 is 6.16 Å². The summed E-state index contributed by atoms with van der Waals surface area (Å²) >= 11 is 0. The van der Waals surface area contributed by atoms with E-state index in [1.54, 1.807) is 0 Å². The molecule has 0 aliphatic rings.